The normalized spacial score (nSPS) is 10.8. The van der Waals surface area contributed by atoms with E-state index in [0.29, 0.717) is 12.4 Å². The molecule has 1 N–H and O–H groups in total. The SMILES string of the molecule is CCOCCN(CC)CCCOc1ccc(C(=O)O)cc1. The van der Waals surface area contributed by atoms with E-state index in [1.807, 2.05) is 6.92 Å². The quantitative estimate of drug-likeness (QED) is 0.636. The van der Waals surface area contributed by atoms with E-state index in [2.05, 4.69) is 11.8 Å². The second-order valence-electron chi connectivity index (χ2n) is 4.66. The Morgan fingerprint density at radius 3 is 2.43 bits per heavy atom. The number of hydrogen-bond donors (Lipinski definition) is 1. The molecule has 0 radical (unpaired) electrons. The van der Waals surface area contributed by atoms with Crippen LogP contribution in [-0.4, -0.2) is 55.4 Å². The van der Waals surface area contributed by atoms with E-state index in [0.717, 1.165) is 39.3 Å². The van der Waals surface area contributed by atoms with Gasteiger partial charge in [0.1, 0.15) is 5.75 Å². The van der Waals surface area contributed by atoms with E-state index in [-0.39, 0.29) is 5.56 Å². The zero-order valence-corrected chi connectivity index (χ0v) is 12.9. The third-order valence-electron chi connectivity index (χ3n) is 3.19. The molecular weight excluding hydrogens is 270 g/mol. The van der Waals surface area contributed by atoms with Crippen molar-refractivity contribution in [2.75, 3.05) is 39.5 Å². The molecule has 0 unspecified atom stereocenters. The molecule has 0 aliphatic carbocycles. The Bertz CT molecular complexity index is 405. The lowest BCUT2D eigenvalue weighted by Gasteiger charge is -2.20. The Morgan fingerprint density at radius 2 is 1.86 bits per heavy atom. The molecule has 5 nitrogen and oxygen atoms in total. The van der Waals surface area contributed by atoms with Gasteiger partial charge in [0.2, 0.25) is 0 Å². The topological polar surface area (TPSA) is 59.0 Å². The van der Waals surface area contributed by atoms with Crippen LogP contribution >= 0.6 is 0 Å². The number of hydrogen-bond acceptors (Lipinski definition) is 4. The number of benzene rings is 1. The summed E-state index contributed by atoms with van der Waals surface area (Å²) in [7, 11) is 0. The van der Waals surface area contributed by atoms with E-state index in [4.69, 9.17) is 14.6 Å². The summed E-state index contributed by atoms with van der Waals surface area (Å²) in [6.07, 6.45) is 0.931. The van der Waals surface area contributed by atoms with E-state index in [1.54, 1.807) is 24.3 Å². The highest BCUT2D eigenvalue weighted by Gasteiger charge is 2.04. The van der Waals surface area contributed by atoms with Crippen LogP contribution in [-0.2, 0) is 4.74 Å². The number of rotatable bonds is 11. The standard InChI is InChI=1S/C16H25NO4/c1-3-17(11-13-20-4-2)10-5-12-21-15-8-6-14(7-9-15)16(18)19/h6-9H,3-5,10-13H2,1-2H3,(H,18,19). The molecule has 0 atom stereocenters. The van der Waals surface area contributed by atoms with Crippen molar-refractivity contribution < 1.29 is 19.4 Å². The molecule has 21 heavy (non-hydrogen) atoms. The number of aromatic carboxylic acids is 1. The highest BCUT2D eigenvalue weighted by atomic mass is 16.5. The van der Waals surface area contributed by atoms with Gasteiger partial charge in [-0.1, -0.05) is 6.92 Å². The van der Waals surface area contributed by atoms with Crippen LogP contribution < -0.4 is 4.74 Å². The van der Waals surface area contributed by atoms with Crippen LogP contribution in [0.5, 0.6) is 5.75 Å². The molecule has 1 rings (SSSR count). The molecule has 1 aromatic carbocycles. The van der Waals surface area contributed by atoms with Crippen molar-refractivity contribution in [2.24, 2.45) is 0 Å². The van der Waals surface area contributed by atoms with Gasteiger partial charge in [0.05, 0.1) is 18.8 Å². The van der Waals surface area contributed by atoms with Crippen LogP contribution in [0, 0.1) is 0 Å². The lowest BCUT2D eigenvalue weighted by Crippen LogP contribution is -2.29. The predicted octanol–water partition coefficient (Wildman–Crippen LogP) is 2.51. The van der Waals surface area contributed by atoms with Crippen molar-refractivity contribution in [2.45, 2.75) is 20.3 Å². The van der Waals surface area contributed by atoms with E-state index < -0.39 is 5.97 Å². The Labute approximate surface area is 126 Å². The van der Waals surface area contributed by atoms with Crippen LogP contribution in [0.1, 0.15) is 30.6 Å². The first-order valence-corrected chi connectivity index (χ1v) is 7.43. The molecule has 0 fully saturated rings. The van der Waals surface area contributed by atoms with Gasteiger partial charge >= 0.3 is 5.97 Å². The third-order valence-corrected chi connectivity index (χ3v) is 3.19. The van der Waals surface area contributed by atoms with Gasteiger partial charge in [-0.2, -0.15) is 0 Å². The number of ether oxygens (including phenoxy) is 2. The molecule has 0 amide bonds. The fourth-order valence-corrected chi connectivity index (χ4v) is 1.94. The van der Waals surface area contributed by atoms with Gasteiger partial charge in [0.15, 0.2) is 0 Å². The number of likely N-dealkylation sites (N-methyl/N-ethyl adjacent to an activating group) is 1. The Morgan fingerprint density at radius 1 is 1.14 bits per heavy atom. The average Bonchev–Trinajstić information content (AvgIpc) is 2.50. The number of carbonyl (C=O) groups is 1. The minimum atomic E-state index is -0.922. The van der Waals surface area contributed by atoms with Gasteiger partial charge < -0.3 is 19.5 Å². The zero-order valence-electron chi connectivity index (χ0n) is 12.9. The van der Waals surface area contributed by atoms with Crippen LogP contribution in [0.15, 0.2) is 24.3 Å². The summed E-state index contributed by atoms with van der Waals surface area (Å²) < 4.78 is 11.0. The molecule has 0 saturated heterocycles. The summed E-state index contributed by atoms with van der Waals surface area (Å²) in [5.74, 6) is -0.216. The maximum Gasteiger partial charge on any atom is 0.335 e. The fraction of sp³-hybridized carbons (Fsp3) is 0.562. The van der Waals surface area contributed by atoms with Crippen LogP contribution in [0.2, 0.25) is 0 Å². The summed E-state index contributed by atoms with van der Waals surface area (Å²) in [4.78, 5) is 13.1. The number of carboxylic acids is 1. The molecule has 0 spiro atoms. The van der Waals surface area contributed by atoms with Crippen LogP contribution in [0.25, 0.3) is 0 Å². The molecule has 1 aromatic rings. The van der Waals surface area contributed by atoms with Gasteiger partial charge in [-0.05, 0) is 44.2 Å². The molecular formula is C16H25NO4. The van der Waals surface area contributed by atoms with Gasteiger partial charge in [-0.25, -0.2) is 4.79 Å². The third kappa shape index (κ3) is 7.11. The first-order chi connectivity index (χ1) is 10.2. The minimum absolute atomic E-state index is 0.274. The van der Waals surface area contributed by atoms with Crippen molar-refractivity contribution in [3.63, 3.8) is 0 Å². The largest absolute Gasteiger partial charge is 0.494 e. The smallest absolute Gasteiger partial charge is 0.335 e. The van der Waals surface area contributed by atoms with E-state index in [9.17, 15) is 4.79 Å². The van der Waals surface area contributed by atoms with Gasteiger partial charge in [0, 0.05) is 19.7 Å². The molecule has 0 aliphatic rings. The summed E-state index contributed by atoms with van der Waals surface area (Å²) in [6, 6.07) is 6.49. The maximum absolute atomic E-state index is 10.7. The Kier molecular flexibility index (Phi) is 8.47. The highest BCUT2D eigenvalue weighted by molar-refractivity contribution is 5.87. The highest BCUT2D eigenvalue weighted by Crippen LogP contribution is 2.12. The van der Waals surface area contributed by atoms with E-state index >= 15 is 0 Å². The molecule has 0 aliphatic heterocycles. The van der Waals surface area contributed by atoms with Crippen molar-refractivity contribution in [3.05, 3.63) is 29.8 Å². The second-order valence-corrected chi connectivity index (χ2v) is 4.66. The van der Waals surface area contributed by atoms with Gasteiger partial charge in [-0.3, -0.25) is 0 Å². The molecule has 0 bridgehead atoms. The lowest BCUT2D eigenvalue weighted by molar-refractivity contribution is 0.0697. The predicted molar refractivity (Wildman–Crippen MR) is 82.1 cm³/mol. The molecule has 5 heteroatoms. The van der Waals surface area contributed by atoms with Crippen molar-refractivity contribution in [1.29, 1.82) is 0 Å². The first-order valence-electron chi connectivity index (χ1n) is 7.43. The minimum Gasteiger partial charge on any atom is -0.494 e. The average molecular weight is 295 g/mol. The zero-order chi connectivity index (χ0) is 15.5. The van der Waals surface area contributed by atoms with Crippen molar-refractivity contribution in [3.8, 4) is 5.75 Å². The Balaban J connectivity index is 2.21. The van der Waals surface area contributed by atoms with E-state index in [1.165, 1.54) is 0 Å². The number of nitrogens with zero attached hydrogens (tertiary/aromatic N) is 1. The molecule has 0 heterocycles. The van der Waals surface area contributed by atoms with Crippen LogP contribution in [0.3, 0.4) is 0 Å². The summed E-state index contributed by atoms with van der Waals surface area (Å²) >= 11 is 0. The summed E-state index contributed by atoms with van der Waals surface area (Å²) in [5.41, 5.74) is 0.274. The summed E-state index contributed by atoms with van der Waals surface area (Å²) in [5, 5.41) is 8.81. The second kappa shape index (κ2) is 10.2. The van der Waals surface area contributed by atoms with Crippen molar-refractivity contribution in [1.82, 2.24) is 4.90 Å². The monoisotopic (exact) mass is 295 g/mol. The molecule has 0 aromatic heterocycles. The Hall–Kier alpha value is -1.59. The first kappa shape index (κ1) is 17.5. The number of carboxylic acid groups (broad SMARTS) is 1. The molecule has 118 valence electrons. The lowest BCUT2D eigenvalue weighted by atomic mass is 10.2. The van der Waals surface area contributed by atoms with Crippen LogP contribution in [0.4, 0.5) is 0 Å². The summed E-state index contributed by atoms with van der Waals surface area (Å²) in [6.45, 7) is 9.19. The maximum atomic E-state index is 10.7. The fourth-order valence-electron chi connectivity index (χ4n) is 1.94. The molecule has 0 saturated carbocycles. The van der Waals surface area contributed by atoms with Gasteiger partial charge in [0.25, 0.3) is 0 Å². The van der Waals surface area contributed by atoms with Crippen molar-refractivity contribution >= 4 is 5.97 Å². The van der Waals surface area contributed by atoms with Gasteiger partial charge in [-0.15, -0.1) is 0 Å².